The molecular formula is C17H38O5. The summed E-state index contributed by atoms with van der Waals surface area (Å²) in [6.07, 6.45) is 2.60. The van der Waals surface area contributed by atoms with Crippen LogP contribution in [0.3, 0.4) is 0 Å². The molecule has 0 aliphatic heterocycles. The molecule has 0 aliphatic carbocycles. The van der Waals surface area contributed by atoms with Crippen molar-refractivity contribution in [1.82, 2.24) is 0 Å². The molecule has 0 unspecified atom stereocenters. The van der Waals surface area contributed by atoms with Crippen LogP contribution in [0.5, 0.6) is 0 Å². The largest absolute Gasteiger partial charge is 0.466 e. The Morgan fingerprint density at radius 3 is 1.73 bits per heavy atom. The first kappa shape index (κ1) is 29.1. The van der Waals surface area contributed by atoms with Crippen LogP contribution in [0.4, 0.5) is 0 Å². The highest BCUT2D eigenvalue weighted by molar-refractivity contribution is 5.69. The number of carbonyl (C=O) groups is 1. The first-order valence-electron chi connectivity index (χ1n) is 7.94. The molecule has 0 saturated carbocycles. The molecule has 5 heteroatoms. The van der Waals surface area contributed by atoms with Crippen molar-refractivity contribution in [2.75, 3.05) is 33.0 Å². The van der Waals surface area contributed by atoms with Crippen molar-refractivity contribution in [3.05, 3.63) is 13.2 Å². The molecule has 0 spiro atoms. The van der Waals surface area contributed by atoms with E-state index in [1.165, 1.54) is 0 Å². The van der Waals surface area contributed by atoms with Crippen molar-refractivity contribution >= 4 is 5.97 Å². The Morgan fingerprint density at radius 2 is 1.50 bits per heavy atom. The molecular weight excluding hydrogens is 284 g/mol. The van der Waals surface area contributed by atoms with E-state index >= 15 is 0 Å². The minimum Gasteiger partial charge on any atom is -0.466 e. The lowest BCUT2D eigenvalue weighted by atomic mass is 10.1. The standard InChI is InChI=1S/C9H18O2.C4H10O.C2H6O2.C2H4/c1-4-5-6-11-9(10)7-8(2)3;1-3-5-4-2;3-1-2-4;1-2/h8H,4-7H2,1-3H3;3-4H2,1-2H3;3-4H,1-2H2;1-2H2. The van der Waals surface area contributed by atoms with E-state index in [9.17, 15) is 4.79 Å². The molecule has 0 radical (unpaired) electrons. The van der Waals surface area contributed by atoms with E-state index in [1.54, 1.807) is 0 Å². The smallest absolute Gasteiger partial charge is 0.306 e. The molecule has 0 aromatic carbocycles. The van der Waals surface area contributed by atoms with Gasteiger partial charge in [-0.05, 0) is 26.2 Å². The molecule has 0 rings (SSSR count). The highest BCUT2D eigenvalue weighted by atomic mass is 16.5. The molecule has 22 heavy (non-hydrogen) atoms. The van der Waals surface area contributed by atoms with E-state index in [0.717, 1.165) is 26.1 Å². The third-order valence-corrected chi connectivity index (χ3v) is 1.84. The van der Waals surface area contributed by atoms with E-state index < -0.39 is 0 Å². The van der Waals surface area contributed by atoms with Gasteiger partial charge in [0.1, 0.15) is 0 Å². The second kappa shape index (κ2) is 32.2. The average Bonchev–Trinajstić information content (AvgIpc) is 2.50. The van der Waals surface area contributed by atoms with Crippen molar-refractivity contribution in [1.29, 1.82) is 0 Å². The third-order valence-electron chi connectivity index (χ3n) is 1.84. The second-order valence-corrected chi connectivity index (χ2v) is 4.40. The molecule has 5 nitrogen and oxygen atoms in total. The minimum atomic E-state index is -0.125. The third kappa shape index (κ3) is 50.8. The van der Waals surface area contributed by atoms with Crippen molar-refractivity contribution in [2.45, 2.75) is 53.9 Å². The maximum absolute atomic E-state index is 10.9. The van der Waals surface area contributed by atoms with E-state index in [-0.39, 0.29) is 19.2 Å². The SMILES string of the molecule is C=C.CCCCOC(=O)CC(C)C.CCOCC.OCCO. The Hall–Kier alpha value is -0.910. The van der Waals surface area contributed by atoms with Crippen LogP contribution >= 0.6 is 0 Å². The number of rotatable bonds is 8. The van der Waals surface area contributed by atoms with E-state index in [2.05, 4.69) is 20.1 Å². The molecule has 0 aliphatic rings. The van der Waals surface area contributed by atoms with Crippen LogP contribution < -0.4 is 0 Å². The maximum Gasteiger partial charge on any atom is 0.306 e. The first-order valence-corrected chi connectivity index (χ1v) is 7.94. The van der Waals surface area contributed by atoms with Gasteiger partial charge in [-0.1, -0.05) is 27.2 Å². The van der Waals surface area contributed by atoms with Gasteiger partial charge in [-0.25, -0.2) is 0 Å². The number of ether oxygens (including phenoxy) is 2. The van der Waals surface area contributed by atoms with Gasteiger partial charge in [0.2, 0.25) is 0 Å². The highest BCUT2D eigenvalue weighted by Gasteiger charge is 2.04. The fourth-order valence-electron chi connectivity index (χ4n) is 0.927. The fraction of sp³-hybridized carbons (Fsp3) is 0.824. The Morgan fingerprint density at radius 1 is 1.05 bits per heavy atom. The molecule has 0 aromatic rings. The zero-order valence-corrected chi connectivity index (χ0v) is 15.3. The minimum absolute atomic E-state index is 0.0616. The molecule has 0 heterocycles. The molecule has 0 saturated heterocycles. The summed E-state index contributed by atoms with van der Waals surface area (Å²) >= 11 is 0. The van der Waals surface area contributed by atoms with Crippen LogP contribution in [0.1, 0.15) is 53.9 Å². The number of hydrogen-bond acceptors (Lipinski definition) is 5. The molecule has 0 aromatic heterocycles. The van der Waals surface area contributed by atoms with Gasteiger partial charge < -0.3 is 19.7 Å². The number of hydrogen-bond donors (Lipinski definition) is 2. The van der Waals surface area contributed by atoms with Gasteiger partial charge in [-0.3, -0.25) is 4.79 Å². The quantitative estimate of drug-likeness (QED) is 0.408. The average molecular weight is 322 g/mol. The predicted octanol–water partition coefficient (Wildman–Crippen LogP) is 3.19. The summed E-state index contributed by atoms with van der Waals surface area (Å²) in [4.78, 5) is 10.9. The Bertz CT molecular complexity index is 180. The summed E-state index contributed by atoms with van der Waals surface area (Å²) in [6.45, 7) is 18.1. The van der Waals surface area contributed by atoms with Gasteiger partial charge in [-0.15, -0.1) is 13.2 Å². The van der Waals surface area contributed by atoms with Crippen molar-refractivity contribution in [3.8, 4) is 0 Å². The molecule has 0 bridgehead atoms. The van der Waals surface area contributed by atoms with Crippen molar-refractivity contribution < 1.29 is 24.5 Å². The summed E-state index contributed by atoms with van der Waals surface area (Å²) in [7, 11) is 0. The number of aliphatic hydroxyl groups is 2. The Kier molecular flexibility index (Phi) is 42.6. The van der Waals surface area contributed by atoms with Crippen LogP contribution in [0, 0.1) is 5.92 Å². The lowest BCUT2D eigenvalue weighted by Crippen LogP contribution is -2.08. The molecule has 2 N–H and O–H groups in total. The van der Waals surface area contributed by atoms with Crippen LogP contribution in [0.2, 0.25) is 0 Å². The summed E-state index contributed by atoms with van der Waals surface area (Å²) in [5.41, 5.74) is 0. The highest BCUT2D eigenvalue weighted by Crippen LogP contribution is 2.01. The van der Waals surface area contributed by atoms with Crippen LogP contribution in [-0.2, 0) is 14.3 Å². The van der Waals surface area contributed by atoms with E-state index in [4.69, 9.17) is 19.7 Å². The van der Waals surface area contributed by atoms with E-state index in [0.29, 0.717) is 18.9 Å². The Labute approximate surface area is 137 Å². The topological polar surface area (TPSA) is 76.0 Å². The summed E-state index contributed by atoms with van der Waals surface area (Å²) < 4.78 is 9.79. The first-order chi connectivity index (χ1) is 10.5. The Balaban J connectivity index is -0.000000122. The van der Waals surface area contributed by atoms with Crippen LogP contribution in [0.15, 0.2) is 13.2 Å². The van der Waals surface area contributed by atoms with Gasteiger partial charge in [0.05, 0.1) is 19.8 Å². The fourth-order valence-corrected chi connectivity index (χ4v) is 0.927. The molecule has 0 amide bonds. The molecule has 136 valence electrons. The number of aliphatic hydroxyl groups excluding tert-OH is 2. The van der Waals surface area contributed by atoms with Gasteiger partial charge in [-0.2, -0.15) is 0 Å². The zero-order chi connectivity index (χ0) is 18.2. The summed E-state index contributed by atoms with van der Waals surface area (Å²) in [5.74, 6) is 0.345. The molecule has 0 fully saturated rings. The lowest BCUT2D eigenvalue weighted by molar-refractivity contribution is -0.144. The second-order valence-electron chi connectivity index (χ2n) is 4.40. The number of unbranched alkanes of at least 4 members (excludes halogenated alkanes) is 1. The molecule has 0 atom stereocenters. The van der Waals surface area contributed by atoms with Crippen LogP contribution in [0.25, 0.3) is 0 Å². The maximum atomic E-state index is 10.9. The van der Waals surface area contributed by atoms with Gasteiger partial charge in [0.25, 0.3) is 0 Å². The van der Waals surface area contributed by atoms with Gasteiger partial charge in [0.15, 0.2) is 0 Å². The zero-order valence-electron chi connectivity index (χ0n) is 15.3. The monoisotopic (exact) mass is 322 g/mol. The normalized spacial score (nSPS) is 8.55. The predicted molar refractivity (Wildman–Crippen MR) is 92.9 cm³/mol. The number of esters is 1. The number of carbonyl (C=O) groups excluding carboxylic acids is 1. The van der Waals surface area contributed by atoms with E-state index in [1.807, 2.05) is 27.7 Å². The summed E-state index contributed by atoms with van der Waals surface area (Å²) in [6, 6.07) is 0. The van der Waals surface area contributed by atoms with Crippen molar-refractivity contribution in [3.63, 3.8) is 0 Å². The van der Waals surface area contributed by atoms with Gasteiger partial charge in [0, 0.05) is 19.6 Å². The summed E-state index contributed by atoms with van der Waals surface area (Å²) in [5, 5.41) is 15.2. The lowest BCUT2D eigenvalue weighted by Gasteiger charge is -2.04. The van der Waals surface area contributed by atoms with Crippen LogP contribution in [-0.4, -0.2) is 49.2 Å². The van der Waals surface area contributed by atoms with Crippen molar-refractivity contribution in [2.24, 2.45) is 5.92 Å². The van der Waals surface area contributed by atoms with Gasteiger partial charge >= 0.3 is 5.97 Å².